The molecule has 1 aromatic carbocycles. The summed E-state index contributed by atoms with van der Waals surface area (Å²) < 4.78 is 6.52. The van der Waals surface area contributed by atoms with E-state index in [2.05, 4.69) is 20.4 Å². The van der Waals surface area contributed by atoms with Gasteiger partial charge in [0.15, 0.2) is 0 Å². The molecule has 2 heterocycles. The predicted octanol–water partition coefficient (Wildman–Crippen LogP) is 1.83. The average molecular weight is 339 g/mol. The number of aryl methyl sites for hydroxylation is 2. The quantitative estimate of drug-likeness (QED) is 0.755. The third kappa shape index (κ3) is 3.57. The van der Waals surface area contributed by atoms with E-state index in [1.807, 2.05) is 0 Å². The lowest BCUT2D eigenvalue weighted by atomic mass is 10.2. The average Bonchev–Trinajstić information content (AvgIpc) is 2.94. The van der Waals surface area contributed by atoms with E-state index in [-0.39, 0.29) is 17.4 Å². The van der Waals surface area contributed by atoms with Gasteiger partial charge in [-0.25, -0.2) is 4.98 Å². The van der Waals surface area contributed by atoms with E-state index >= 15 is 0 Å². The molecule has 0 unspecified atom stereocenters. The maximum atomic E-state index is 12.5. The highest BCUT2D eigenvalue weighted by Crippen LogP contribution is 2.17. The lowest BCUT2D eigenvalue weighted by Crippen LogP contribution is -2.18. The van der Waals surface area contributed by atoms with Gasteiger partial charge in [0.2, 0.25) is 5.95 Å². The molecule has 0 atom stereocenters. The highest BCUT2D eigenvalue weighted by Gasteiger charge is 2.14. The molecule has 2 aromatic heterocycles. The van der Waals surface area contributed by atoms with Gasteiger partial charge >= 0.3 is 0 Å². The van der Waals surface area contributed by atoms with Gasteiger partial charge in [-0.2, -0.15) is 9.78 Å². The molecule has 0 spiro atoms. The van der Waals surface area contributed by atoms with Crippen LogP contribution in [0.2, 0.25) is 0 Å². The highest BCUT2D eigenvalue weighted by molar-refractivity contribution is 6.04. The van der Waals surface area contributed by atoms with E-state index in [0.717, 1.165) is 0 Å². The summed E-state index contributed by atoms with van der Waals surface area (Å²) in [7, 11) is 1.54. The Labute approximate surface area is 143 Å². The van der Waals surface area contributed by atoms with Gasteiger partial charge in [-0.15, -0.1) is 0 Å². The van der Waals surface area contributed by atoms with Crippen LogP contribution >= 0.6 is 0 Å². The van der Waals surface area contributed by atoms with Crippen molar-refractivity contribution in [2.24, 2.45) is 0 Å². The van der Waals surface area contributed by atoms with E-state index < -0.39 is 0 Å². The molecule has 0 saturated heterocycles. The van der Waals surface area contributed by atoms with Crippen LogP contribution in [0.4, 0.5) is 5.82 Å². The normalized spacial score (nSPS) is 10.5. The Bertz CT molecular complexity index is 990. The van der Waals surface area contributed by atoms with E-state index in [0.29, 0.717) is 28.5 Å². The van der Waals surface area contributed by atoms with Crippen LogP contribution in [0.25, 0.3) is 5.95 Å². The van der Waals surface area contributed by atoms with Crippen LogP contribution in [0.5, 0.6) is 5.75 Å². The largest absolute Gasteiger partial charge is 0.497 e. The number of amides is 1. The van der Waals surface area contributed by atoms with E-state index in [4.69, 9.17) is 4.74 Å². The molecule has 8 heteroatoms. The van der Waals surface area contributed by atoms with E-state index in [1.54, 1.807) is 44.2 Å². The Balaban J connectivity index is 1.95. The summed E-state index contributed by atoms with van der Waals surface area (Å²) in [6.45, 7) is 3.50. The third-order valence-electron chi connectivity index (χ3n) is 3.46. The van der Waals surface area contributed by atoms with Crippen LogP contribution in [-0.4, -0.2) is 32.8 Å². The molecule has 0 fully saturated rings. The second kappa shape index (κ2) is 6.60. The number of hydrogen-bond donors (Lipinski definition) is 2. The molecular formula is C17H17N5O3. The summed E-state index contributed by atoms with van der Waals surface area (Å²) in [6.07, 6.45) is 0. The summed E-state index contributed by atoms with van der Waals surface area (Å²) in [5.41, 5.74) is 1.37. The van der Waals surface area contributed by atoms with Crippen LogP contribution in [0.15, 0.2) is 41.2 Å². The number of rotatable bonds is 4. The summed E-state index contributed by atoms with van der Waals surface area (Å²) in [5, 5.41) is 7.07. The molecule has 0 saturated carbocycles. The number of nitrogens with one attached hydrogen (secondary N) is 2. The Morgan fingerprint density at radius 3 is 2.72 bits per heavy atom. The summed E-state index contributed by atoms with van der Waals surface area (Å²) >= 11 is 0. The van der Waals surface area contributed by atoms with Crippen molar-refractivity contribution in [2.75, 3.05) is 12.4 Å². The fourth-order valence-corrected chi connectivity index (χ4v) is 2.37. The molecule has 25 heavy (non-hydrogen) atoms. The zero-order chi connectivity index (χ0) is 18.0. The summed E-state index contributed by atoms with van der Waals surface area (Å²) in [4.78, 5) is 31.1. The number of carbonyl (C=O) groups is 1. The Morgan fingerprint density at radius 2 is 2.00 bits per heavy atom. The molecule has 0 aliphatic heterocycles. The Hall–Kier alpha value is -3.42. The number of nitrogens with zero attached hydrogens (tertiary/aromatic N) is 3. The maximum Gasteiger partial charge on any atom is 0.256 e. The third-order valence-corrected chi connectivity index (χ3v) is 3.46. The number of methoxy groups -OCH3 is 1. The minimum atomic E-state index is -0.324. The second-order valence-corrected chi connectivity index (χ2v) is 5.48. The molecule has 1 amide bonds. The first-order chi connectivity index (χ1) is 12.0. The number of carbonyl (C=O) groups excluding carboxylic acids is 1. The molecular weight excluding hydrogens is 322 g/mol. The number of aromatic nitrogens is 4. The highest BCUT2D eigenvalue weighted by atomic mass is 16.5. The van der Waals surface area contributed by atoms with Gasteiger partial charge in [0.1, 0.15) is 11.6 Å². The molecule has 8 nitrogen and oxygen atoms in total. The van der Waals surface area contributed by atoms with Crippen LogP contribution in [0.1, 0.15) is 21.7 Å². The van der Waals surface area contributed by atoms with Crippen molar-refractivity contribution in [2.45, 2.75) is 13.8 Å². The van der Waals surface area contributed by atoms with Crippen LogP contribution < -0.4 is 15.6 Å². The standard InChI is InChI=1S/C17H17N5O3/c1-10-8-15(23)20-17(18-10)22-14(7-11(2)21-22)19-16(24)12-5-4-6-13(9-12)25-3/h4-9H,1-3H3,(H,19,24)(H,18,20,23). The number of benzene rings is 1. The first-order valence-electron chi connectivity index (χ1n) is 7.56. The SMILES string of the molecule is COc1cccc(C(=O)Nc2cc(C)nn2-c2nc(C)cc(=O)[nH]2)c1. The van der Waals surface area contributed by atoms with Crippen molar-refractivity contribution >= 4 is 11.7 Å². The molecule has 3 aromatic rings. The smallest absolute Gasteiger partial charge is 0.256 e. The lowest BCUT2D eigenvalue weighted by molar-refractivity contribution is 0.102. The monoisotopic (exact) mass is 339 g/mol. The Kier molecular flexibility index (Phi) is 4.34. The summed E-state index contributed by atoms with van der Waals surface area (Å²) in [6, 6.07) is 9.88. The fraction of sp³-hybridized carbons (Fsp3) is 0.176. The van der Waals surface area contributed by atoms with Crippen molar-refractivity contribution in [1.82, 2.24) is 19.7 Å². The van der Waals surface area contributed by atoms with Gasteiger partial charge < -0.3 is 10.1 Å². The van der Waals surface area contributed by atoms with Gasteiger partial charge in [0.05, 0.1) is 12.8 Å². The number of ether oxygens (including phenoxy) is 1. The number of aromatic amines is 1. The van der Waals surface area contributed by atoms with Gasteiger partial charge in [-0.3, -0.25) is 14.6 Å². The van der Waals surface area contributed by atoms with Crippen molar-refractivity contribution in [3.63, 3.8) is 0 Å². The number of anilines is 1. The summed E-state index contributed by atoms with van der Waals surface area (Å²) in [5.74, 6) is 0.898. The molecule has 128 valence electrons. The van der Waals surface area contributed by atoms with E-state index in [9.17, 15) is 9.59 Å². The molecule has 0 bridgehead atoms. The maximum absolute atomic E-state index is 12.5. The van der Waals surface area contributed by atoms with Crippen LogP contribution in [-0.2, 0) is 0 Å². The molecule has 3 rings (SSSR count). The molecule has 0 aliphatic rings. The van der Waals surface area contributed by atoms with Crippen molar-refractivity contribution < 1.29 is 9.53 Å². The first-order valence-corrected chi connectivity index (χ1v) is 7.56. The minimum absolute atomic E-state index is 0.235. The van der Waals surface area contributed by atoms with Gasteiger partial charge in [0.25, 0.3) is 11.5 Å². The molecule has 2 N–H and O–H groups in total. The van der Waals surface area contributed by atoms with Crippen molar-refractivity contribution in [1.29, 1.82) is 0 Å². The van der Waals surface area contributed by atoms with Crippen molar-refractivity contribution in [3.8, 4) is 11.7 Å². The predicted molar refractivity (Wildman–Crippen MR) is 92.4 cm³/mol. The minimum Gasteiger partial charge on any atom is -0.497 e. The Morgan fingerprint density at radius 1 is 1.20 bits per heavy atom. The van der Waals surface area contributed by atoms with Gasteiger partial charge in [-0.1, -0.05) is 6.07 Å². The van der Waals surface area contributed by atoms with Gasteiger partial charge in [0, 0.05) is 23.4 Å². The fourth-order valence-electron chi connectivity index (χ4n) is 2.37. The zero-order valence-corrected chi connectivity index (χ0v) is 14.0. The van der Waals surface area contributed by atoms with Crippen LogP contribution in [0.3, 0.4) is 0 Å². The van der Waals surface area contributed by atoms with E-state index in [1.165, 1.54) is 17.9 Å². The first kappa shape index (κ1) is 16.4. The van der Waals surface area contributed by atoms with Crippen LogP contribution in [0, 0.1) is 13.8 Å². The zero-order valence-electron chi connectivity index (χ0n) is 14.0. The number of H-pyrrole nitrogens is 1. The molecule has 0 aliphatic carbocycles. The topological polar surface area (TPSA) is 102 Å². The van der Waals surface area contributed by atoms with Gasteiger partial charge in [-0.05, 0) is 32.0 Å². The number of hydrogen-bond acceptors (Lipinski definition) is 5. The second-order valence-electron chi connectivity index (χ2n) is 5.48. The lowest BCUT2D eigenvalue weighted by Gasteiger charge is -2.09. The van der Waals surface area contributed by atoms with Crippen molar-refractivity contribution in [3.05, 3.63) is 63.7 Å². The molecule has 0 radical (unpaired) electrons.